The largest absolute Gasteiger partial charge is 0.480 e. The Hall–Kier alpha value is -1.37. The molecule has 0 spiro atoms. The highest BCUT2D eigenvalue weighted by Gasteiger charge is 2.43. The molecule has 1 aromatic heterocycles. The molecule has 1 aliphatic heterocycles. The van der Waals surface area contributed by atoms with Gasteiger partial charge in [-0.25, -0.2) is 0 Å². The van der Waals surface area contributed by atoms with Gasteiger partial charge in [0.15, 0.2) is 0 Å². The fourth-order valence-corrected chi connectivity index (χ4v) is 3.17. The zero-order valence-electron chi connectivity index (χ0n) is 11.7. The predicted octanol–water partition coefficient (Wildman–Crippen LogP) is 2.74. The highest BCUT2D eigenvalue weighted by Crippen LogP contribution is 2.32. The third kappa shape index (κ3) is 2.59. The molecule has 3 N–H and O–H groups in total. The van der Waals surface area contributed by atoms with Gasteiger partial charge in [-0.05, 0) is 37.6 Å². The summed E-state index contributed by atoms with van der Waals surface area (Å²) in [7, 11) is 0. The standard InChI is InChI=1S/C15H17BrN2O3/c1-9(18-5-4-15(17,8-18)14(19)20)13-7-10-6-11(16)2-3-12(10)21-13/h2-3,6-7,9H,4-5,8,17H2,1H3,(H,19,20). The Labute approximate surface area is 130 Å². The molecule has 1 fully saturated rings. The molecule has 2 atom stereocenters. The van der Waals surface area contributed by atoms with Gasteiger partial charge in [-0.1, -0.05) is 15.9 Å². The summed E-state index contributed by atoms with van der Waals surface area (Å²) in [6.07, 6.45) is 0.457. The van der Waals surface area contributed by atoms with E-state index in [-0.39, 0.29) is 6.04 Å². The topological polar surface area (TPSA) is 79.7 Å². The van der Waals surface area contributed by atoms with E-state index in [1.54, 1.807) is 0 Å². The first-order valence-corrected chi connectivity index (χ1v) is 7.64. The number of nitrogens with two attached hydrogens (primary N) is 1. The van der Waals surface area contributed by atoms with E-state index in [4.69, 9.17) is 10.2 Å². The van der Waals surface area contributed by atoms with Gasteiger partial charge in [-0.3, -0.25) is 9.69 Å². The van der Waals surface area contributed by atoms with Gasteiger partial charge in [0.2, 0.25) is 0 Å². The van der Waals surface area contributed by atoms with Crippen molar-refractivity contribution in [2.45, 2.75) is 24.9 Å². The van der Waals surface area contributed by atoms with E-state index in [1.807, 2.05) is 31.2 Å². The molecule has 0 radical (unpaired) electrons. The van der Waals surface area contributed by atoms with Gasteiger partial charge in [-0.15, -0.1) is 0 Å². The number of halogens is 1. The number of carboxylic acids is 1. The van der Waals surface area contributed by atoms with Gasteiger partial charge in [0, 0.05) is 22.9 Å². The number of nitrogens with zero attached hydrogens (tertiary/aromatic N) is 1. The number of rotatable bonds is 3. The average Bonchev–Trinajstić information content (AvgIpc) is 3.02. The fourth-order valence-electron chi connectivity index (χ4n) is 2.79. The van der Waals surface area contributed by atoms with Gasteiger partial charge < -0.3 is 15.3 Å². The molecule has 2 aromatic rings. The maximum atomic E-state index is 11.2. The van der Waals surface area contributed by atoms with E-state index < -0.39 is 11.5 Å². The van der Waals surface area contributed by atoms with Crippen LogP contribution in [0.2, 0.25) is 0 Å². The van der Waals surface area contributed by atoms with Crippen molar-refractivity contribution in [1.29, 1.82) is 0 Å². The second-order valence-electron chi connectivity index (χ2n) is 5.69. The summed E-state index contributed by atoms with van der Waals surface area (Å²) in [5, 5.41) is 10.2. The molecule has 0 amide bonds. The lowest BCUT2D eigenvalue weighted by Gasteiger charge is -2.24. The van der Waals surface area contributed by atoms with E-state index in [2.05, 4.69) is 20.8 Å². The maximum absolute atomic E-state index is 11.2. The molecule has 0 aliphatic carbocycles. The second-order valence-corrected chi connectivity index (χ2v) is 6.60. The number of aliphatic carboxylic acids is 1. The van der Waals surface area contributed by atoms with Gasteiger partial charge >= 0.3 is 5.97 Å². The lowest BCUT2D eigenvalue weighted by Crippen LogP contribution is -2.50. The van der Waals surface area contributed by atoms with Crippen LogP contribution in [0, 0.1) is 0 Å². The summed E-state index contributed by atoms with van der Waals surface area (Å²) in [6.45, 7) is 3.01. The number of benzene rings is 1. The zero-order chi connectivity index (χ0) is 15.2. The van der Waals surface area contributed by atoms with E-state index in [9.17, 15) is 9.90 Å². The number of fused-ring (bicyclic) bond motifs is 1. The monoisotopic (exact) mass is 352 g/mol. The Morgan fingerprint density at radius 1 is 1.52 bits per heavy atom. The molecule has 2 heterocycles. The van der Waals surface area contributed by atoms with Crippen LogP contribution >= 0.6 is 15.9 Å². The van der Waals surface area contributed by atoms with Gasteiger partial charge in [0.25, 0.3) is 0 Å². The number of furan rings is 1. The fraction of sp³-hybridized carbons (Fsp3) is 0.400. The highest BCUT2D eigenvalue weighted by atomic mass is 79.9. The Morgan fingerprint density at radius 3 is 2.95 bits per heavy atom. The first-order valence-electron chi connectivity index (χ1n) is 6.84. The van der Waals surface area contributed by atoms with Crippen LogP contribution in [0.4, 0.5) is 0 Å². The van der Waals surface area contributed by atoms with Crippen LogP contribution < -0.4 is 5.73 Å². The normalized spacial score (nSPS) is 24.5. The molecule has 1 saturated heterocycles. The molecule has 2 unspecified atom stereocenters. The molecule has 3 rings (SSSR count). The number of hydrogen-bond acceptors (Lipinski definition) is 4. The van der Waals surface area contributed by atoms with Gasteiger partial charge in [-0.2, -0.15) is 0 Å². The van der Waals surface area contributed by atoms with Crippen molar-refractivity contribution in [2.24, 2.45) is 5.73 Å². The maximum Gasteiger partial charge on any atom is 0.325 e. The average molecular weight is 353 g/mol. The van der Waals surface area contributed by atoms with Crippen LogP contribution in [0.15, 0.2) is 33.2 Å². The lowest BCUT2D eigenvalue weighted by atomic mass is 10.0. The molecule has 21 heavy (non-hydrogen) atoms. The van der Waals surface area contributed by atoms with Crippen LogP contribution in [0.1, 0.15) is 25.1 Å². The minimum absolute atomic E-state index is 0.000880. The van der Waals surface area contributed by atoms with Crippen LogP contribution in [0.25, 0.3) is 11.0 Å². The lowest BCUT2D eigenvalue weighted by molar-refractivity contribution is -0.142. The zero-order valence-corrected chi connectivity index (χ0v) is 13.3. The first-order chi connectivity index (χ1) is 9.89. The van der Waals surface area contributed by atoms with Crippen molar-refractivity contribution in [2.75, 3.05) is 13.1 Å². The summed E-state index contributed by atoms with van der Waals surface area (Å²) in [6, 6.07) is 7.86. The molecule has 1 aliphatic rings. The van der Waals surface area contributed by atoms with Crippen molar-refractivity contribution in [3.63, 3.8) is 0 Å². The van der Waals surface area contributed by atoms with E-state index >= 15 is 0 Å². The van der Waals surface area contributed by atoms with E-state index in [0.29, 0.717) is 19.5 Å². The summed E-state index contributed by atoms with van der Waals surface area (Å²) in [5.41, 5.74) is 5.61. The highest BCUT2D eigenvalue weighted by molar-refractivity contribution is 9.10. The molecule has 0 saturated carbocycles. The number of hydrogen-bond donors (Lipinski definition) is 2. The van der Waals surface area contributed by atoms with Crippen LogP contribution in [0.3, 0.4) is 0 Å². The molecule has 0 bridgehead atoms. The first kappa shape index (κ1) is 14.6. The van der Waals surface area contributed by atoms with E-state index in [1.165, 1.54) is 0 Å². The third-order valence-corrected chi connectivity index (χ3v) is 4.71. The second kappa shape index (κ2) is 5.12. The minimum atomic E-state index is -1.15. The van der Waals surface area contributed by atoms with Crippen molar-refractivity contribution < 1.29 is 14.3 Å². The quantitative estimate of drug-likeness (QED) is 0.887. The van der Waals surface area contributed by atoms with Gasteiger partial charge in [0.05, 0.1) is 6.04 Å². The number of likely N-dealkylation sites (tertiary alicyclic amines) is 1. The van der Waals surface area contributed by atoms with Crippen LogP contribution in [-0.4, -0.2) is 34.6 Å². The smallest absolute Gasteiger partial charge is 0.325 e. The van der Waals surface area contributed by atoms with Crippen molar-refractivity contribution in [3.8, 4) is 0 Å². The van der Waals surface area contributed by atoms with Crippen molar-refractivity contribution >= 4 is 32.9 Å². The molecule has 1 aromatic carbocycles. The minimum Gasteiger partial charge on any atom is -0.480 e. The molecule has 6 heteroatoms. The molecular formula is C15H17BrN2O3. The van der Waals surface area contributed by atoms with Crippen molar-refractivity contribution in [3.05, 3.63) is 34.5 Å². The molecule has 112 valence electrons. The SMILES string of the molecule is CC(c1cc2cc(Br)ccc2o1)N1CCC(N)(C(=O)O)C1. The summed E-state index contributed by atoms with van der Waals surface area (Å²) >= 11 is 3.44. The summed E-state index contributed by atoms with van der Waals surface area (Å²) in [5.74, 6) is -0.108. The Balaban J connectivity index is 1.84. The Morgan fingerprint density at radius 2 is 2.29 bits per heavy atom. The summed E-state index contributed by atoms with van der Waals surface area (Å²) in [4.78, 5) is 13.3. The predicted molar refractivity (Wildman–Crippen MR) is 83.1 cm³/mol. The van der Waals surface area contributed by atoms with Crippen molar-refractivity contribution in [1.82, 2.24) is 4.90 Å². The Bertz CT molecular complexity index is 699. The van der Waals surface area contributed by atoms with Crippen LogP contribution in [0.5, 0.6) is 0 Å². The summed E-state index contributed by atoms with van der Waals surface area (Å²) < 4.78 is 6.88. The van der Waals surface area contributed by atoms with Crippen LogP contribution in [-0.2, 0) is 4.79 Å². The third-order valence-electron chi connectivity index (χ3n) is 4.21. The molecular weight excluding hydrogens is 336 g/mol. The Kier molecular flexibility index (Phi) is 3.55. The molecule has 5 nitrogen and oxygen atoms in total. The van der Waals surface area contributed by atoms with Gasteiger partial charge in [0.1, 0.15) is 16.9 Å². The number of carboxylic acid groups (broad SMARTS) is 1. The number of carbonyl (C=O) groups is 1. The van der Waals surface area contributed by atoms with E-state index in [0.717, 1.165) is 21.2 Å².